The number of nitrogens with zero attached hydrogens (tertiary/aromatic N) is 1. The molecule has 22 heavy (non-hydrogen) atoms. The van der Waals surface area contributed by atoms with E-state index < -0.39 is 0 Å². The lowest BCUT2D eigenvalue weighted by Crippen LogP contribution is -2.38. The first-order chi connectivity index (χ1) is 10.8. The Bertz CT molecular complexity index is 421. The predicted molar refractivity (Wildman–Crippen MR) is 93.8 cm³/mol. The number of unbranched alkanes of at least 4 members (excludes halogenated alkanes) is 1. The Hall–Kier alpha value is -1.11. The van der Waals surface area contributed by atoms with Gasteiger partial charge in [-0.25, -0.2) is 0 Å². The van der Waals surface area contributed by atoms with Crippen molar-refractivity contribution < 1.29 is 9.47 Å². The number of thiophene rings is 1. The van der Waals surface area contributed by atoms with E-state index in [1.807, 2.05) is 0 Å². The van der Waals surface area contributed by atoms with Crippen molar-refractivity contribution in [3.8, 4) is 0 Å². The molecule has 0 amide bonds. The van der Waals surface area contributed by atoms with Crippen LogP contribution < -0.4 is 10.6 Å². The molecule has 0 radical (unpaired) electrons. The molecule has 0 saturated heterocycles. The Kier molecular flexibility index (Phi) is 10.7. The molecule has 1 aromatic heterocycles. The molecular weight excluding hydrogens is 298 g/mol. The lowest BCUT2D eigenvalue weighted by atomic mass is 10.4. The number of aryl methyl sites for hydroxylation is 1. The highest BCUT2D eigenvalue weighted by Gasteiger charge is 2.00. The molecule has 0 aliphatic carbocycles. The smallest absolute Gasteiger partial charge is 0.191 e. The second kappa shape index (κ2) is 12.4. The molecule has 0 fully saturated rings. The highest BCUT2D eigenvalue weighted by Crippen LogP contribution is 2.14. The third-order valence-electron chi connectivity index (χ3n) is 3.00. The van der Waals surface area contributed by atoms with Crippen LogP contribution in [0.25, 0.3) is 0 Å². The number of hydrogen-bond donors (Lipinski definition) is 2. The monoisotopic (exact) mass is 327 g/mol. The van der Waals surface area contributed by atoms with E-state index in [2.05, 4.69) is 41.6 Å². The van der Waals surface area contributed by atoms with Gasteiger partial charge < -0.3 is 20.1 Å². The van der Waals surface area contributed by atoms with Gasteiger partial charge in [0.25, 0.3) is 0 Å². The van der Waals surface area contributed by atoms with Crippen LogP contribution in [0.3, 0.4) is 0 Å². The van der Waals surface area contributed by atoms with Crippen LogP contribution in [0.5, 0.6) is 0 Å². The number of aliphatic imine (C=N–C) groups is 1. The Balaban J connectivity index is 2.00. The number of rotatable bonds is 11. The molecule has 0 spiro atoms. The minimum atomic E-state index is 0.645. The van der Waals surface area contributed by atoms with E-state index in [4.69, 9.17) is 9.47 Å². The first kappa shape index (κ1) is 18.9. The summed E-state index contributed by atoms with van der Waals surface area (Å²) < 4.78 is 10.9. The summed E-state index contributed by atoms with van der Waals surface area (Å²) in [5.74, 6) is 0.800. The van der Waals surface area contributed by atoms with Crippen molar-refractivity contribution >= 4 is 17.3 Å². The predicted octanol–water partition coefficient (Wildman–Crippen LogP) is 2.55. The maximum absolute atomic E-state index is 5.51. The Morgan fingerprint density at radius 1 is 1.14 bits per heavy atom. The molecule has 0 aliphatic rings. The summed E-state index contributed by atoms with van der Waals surface area (Å²) in [7, 11) is 1.78. The van der Waals surface area contributed by atoms with Crippen LogP contribution in [0.4, 0.5) is 0 Å². The fraction of sp³-hybridized carbons (Fsp3) is 0.688. The molecule has 0 aliphatic heterocycles. The van der Waals surface area contributed by atoms with Crippen molar-refractivity contribution in [2.24, 2.45) is 4.99 Å². The van der Waals surface area contributed by atoms with E-state index in [9.17, 15) is 0 Å². The van der Waals surface area contributed by atoms with E-state index in [0.29, 0.717) is 19.8 Å². The SMILES string of the molecule is CCCCOCCOCCNC(=NC)NCc1ccc(C)s1. The van der Waals surface area contributed by atoms with E-state index in [0.717, 1.165) is 32.1 Å². The Morgan fingerprint density at radius 3 is 2.55 bits per heavy atom. The van der Waals surface area contributed by atoms with E-state index in [1.165, 1.54) is 16.2 Å². The van der Waals surface area contributed by atoms with Crippen LogP contribution in [0.1, 0.15) is 29.5 Å². The Labute approximate surface area is 138 Å². The summed E-state index contributed by atoms with van der Waals surface area (Å²) in [6, 6.07) is 4.27. The summed E-state index contributed by atoms with van der Waals surface area (Å²) in [5.41, 5.74) is 0. The van der Waals surface area contributed by atoms with Crippen molar-refractivity contribution in [3.05, 3.63) is 21.9 Å². The molecule has 1 rings (SSSR count). The minimum absolute atomic E-state index is 0.645. The standard InChI is InChI=1S/C16H29N3O2S/c1-4-5-9-20-11-12-21-10-8-18-16(17-3)19-13-15-7-6-14(2)22-15/h6-7H,4-5,8-13H2,1-3H3,(H2,17,18,19). The zero-order chi connectivity index (χ0) is 16.0. The minimum Gasteiger partial charge on any atom is -0.379 e. The van der Waals surface area contributed by atoms with Gasteiger partial charge in [-0.1, -0.05) is 13.3 Å². The maximum atomic E-state index is 5.51. The first-order valence-electron chi connectivity index (χ1n) is 7.91. The zero-order valence-corrected chi connectivity index (χ0v) is 14.8. The quantitative estimate of drug-likeness (QED) is 0.373. The lowest BCUT2D eigenvalue weighted by Gasteiger charge is -2.11. The van der Waals surface area contributed by atoms with Gasteiger partial charge in [0.2, 0.25) is 0 Å². The third kappa shape index (κ3) is 9.02. The molecular formula is C16H29N3O2S. The Morgan fingerprint density at radius 2 is 1.91 bits per heavy atom. The second-order valence-corrected chi connectivity index (χ2v) is 6.32. The average molecular weight is 327 g/mol. The molecule has 1 aromatic rings. The fourth-order valence-corrected chi connectivity index (χ4v) is 2.61. The van der Waals surface area contributed by atoms with Gasteiger partial charge in [-0.2, -0.15) is 0 Å². The second-order valence-electron chi connectivity index (χ2n) is 4.94. The van der Waals surface area contributed by atoms with Crippen molar-refractivity contribution in [1.82, 2.24) is 10.6 Å². The molecule has 0 aromatic carbocycles. The number of ether oxygens (including phenoxy) is 2. The molecule has 6 heteroatoms. The summed E-state index contributed by atoms with van der Waals surface area (Å²) in [4.78, 5) is 6.83. The van der Waals surface area contributed by atoms with Crippen molar-refractivity contribution in [1.29, 1.82) is 0 Å². The molecule has 0 saturated carbocycles. The molecule has 1 heterocycles. The van der Waals surface area contributed by atoms with Gasteiger partial charge in [0.15, 0.2) is 5.96 Å². The molecule has 0 atom stereocenters. The van der Waals surface area contributed by atoms with Crippen LogP contribution in [0.15, 0.2) is 17.1 Å². The van der Waals surface area contributed by atoms with Gasteiger partial charge >= 0.3 is 0 Å². The summed E-state index contributed by atoms with van der Waals surface area (Å²) in [6.45, 7) is 8.60. The number of hydrogen-bond acceptors (Lipinski definition) is 4. The van der Waals surface area contributed by atoms with E-state index >= 15 is 0 Å². The van der Waals surface area contributed by atoms with Gasteiger partial charge in [-0.15, -0.1) is 11.3 Å². The number of guanidine groups is 1. The molecule has 2 N–H and O–H groups in total. The van der Waals surface area contributed by atoms with E-state index in [1.54, 1.807) is 18.4 Å². The fourth-order valence-electron chi connectivity index (χ4n) is 1.78. The highest BCUT2D eigenvalue weighted by molar-refractivity contribution is 7.11. The topological polar surface area (TPSA) is 54.9 Å². The van der Waals surface area contributed by atoms with Gasteiger partial charge in [0, 0.05) is 30.0 Å². The summed E-state index contributed by atoms with van der Waals surface area (Å²) in [5, 5.41) is 6.53. The van der Waals surface area contributed by atoms with Gasteiger partial charge in [-0.3, -0.25) is 4.99 Å². The van der Waals surface area contributed by atoms with Crippen LogP contribution in [0, 0.1) is 6.92 Å². The van der Waals surface area contributed by atoms with Crippen molar-refractivity contribution in [2.75, 3.05) is 40.0 Å². The van der Waals surface area contributed by atoms with Crippen molar-refractivity contribution in [2.45, 2.75) is 33.2 Å². The molecule has 126 valence electrons. The van der Waals surface area contributed by atoms with E-state index in [-0.39, 0.29) is 0 Å². The van der Waals surface area contributed by atoms with Gasteiger partial charge in [0.05, 0.1) is 26.4 Å². The highest BCUT2D eigenvalue weighted by atomic mass is 32.1. The molecule has 5 nitrogen and oxygen atoms in total. The van der Waals surface area contributed by atoms with Crippen LogP contribution in [-0.4, -0.2) is 46.0 Å². The van der Waals surface area contributed by atoms with Crippen LogP contribution in [0.2, 0.25) is 0 Å². The average Bonchev–Trinajstić information content (AvgIpc) is 2.94. The largest absolute Gasteiger partial charge is 0.379 e. The normalized spacial score (nSPS) is 11.7. The van der Waals surface area contributed by atoms with Crippen LogP contribution in [-0.2, 0) is 16.0 Å². The summed E-state index contributed by atoms with van der Waals surface area (Å²) >= 11 is 1.80. The third-order valence-corrected chi connectivity index (χ3v) is 4.00. The van der Waals surface area contributed by atoms with Crippen molar-refractivity contribution in [3.63, 3.8) is 0 Å². The maximum Gasteiger partial charge on any atom is 0.191 e. The van der Waals surface area contributed by atoms with Gasteiger partial charge in [-0.05, 0) is 25.5 Å². The zero-order valence-electron chi connectivity index (χ0n) is 14.0. The molecule has 0 unspecified atom stereocenters. The summed E-state index contributed by atoms with van der Waals surface area (Å²) in [6.07, 6.45) is 2.29. The van der Waals surface area contributed by atoms with Gasteiger partial charge in [0.1, 0.15) is 0 Å². The molecule has 0 bridgehead atoms. The number of nitrogens with one attached hydrogen (secondary N) is 2. The first-order valence-corrected chi connectivity index (χ1v) is 8.73. The van der Waals surface area contributed by atoms with Crippen LogP contribution >= 0.6 is 11.3 Å². The lowest BCUT2D eigenvalue weighted by molar-refractivity contribution is 0.0487.